The first-order valence-corrected chi connectivity index (χ1v) is 8.42. The van der Waals surface area contributed by atoms with Gasteiger partial charge in [0.05, 0.1) is 23.4 Å². The van der Waals surface area contributed by atoms with E-state index in [4.69, 9.17) is 5.11 Å². The van der Waals surface area contributed by atoms with Crippen molar-refractivity contribution in [1.82, 2.24) is 15.1 Å². The Labute approximate surface area is 153 Å². The van der Waals surface area contributed by atoms with Gasteiger partial charge in [-0.05, 0) is 43.9 Å². The maximum absolute atomic E-state index is 13.7. The lowest BCUT2D eigenvalue weighted by Crippen LogP contribution is -2.34. The molecule has 1 heterocycles. The number of alkyl halides is 3. The van der Waals surface area contributed by atoms with Gasteiger partial charge >= 0.3 is 12.1 Å². The van der Waals surface area contributed by atoms with Crippen molar-refractivity contribution in [1.29, 1.82) is 0 Å². The molecule has 1 aliphatic carbocycles. The smallest absolute Gasteiger partial charge is 0.434 e. The van der Waals surface area contributed by atoms with Crippen LogP contribution in [0.15, 0.2) is 30.5 Å². The summed E-state index contributed by atoms with van der Waals surface area (Å²) in [4.78, 5) is 23.4. The molecule has 1 aliphatic rings. The van der Waals surface area contributed by atoms with Gasteiger partial charge < -0.3 is 10.4 Å². The third kappa shape index (κ3) is 3.96. The maximum Gasteiger partial charge on any atom is 0.434 e. The molecule has 0 bridgehead atoms. The summed E-state index contributed by atoms with van der Waals surface area (Å²) in [6.07, 6.45) is -2.89. The molecule has 1 amide bonds. The quantitative estimate of drug-likeness (QED) is 0.852. The molecular formula is C18H18F3N3O3. The van der Waals surface area contributed by atoms with Crippen LogP contribution >= 0.6 is 0 Å². The van der Waals surface area contributed by atoms with Crippen LogP contribution in [0.25, 0.3) is 5.69 Å². The van der Waals surface area contributed by atoms with E-state index in [1.54, 1.807) is 25.1 Å². The van der Waals surface area contributed by atoms with E-state index in [-0.39, 0.29) is 12.1 Å². The third-order valence-corrected chi connectivity index (χ3v) is 4.65. The number of nitrogens with zero attached hydrogens (tertiary/aromatic N) is 2. The fourth-order valence-electron chi connectivity index (χ4n) is 3.34. The Morgan fingerprint density at radius 2 is 2.04 bits per heavy atom. The second-order valence-corrected chi connectivity index (χ2v) is 6.67. The zero-order valence-corrected chi connectivity index (χ0v) is 14.5. The number of nitrogens with one attached hydrogen (secondary N) is 1. The fraction of sp³-hybridized carbons (Fsp3) is 0.389. The number of halogens is 3. The van der Waals surface area contributed by atoms with Crippen molar-refractivity contribution in [3.63, 3.8) is 0 Å². The number of aryl methyl sites for hydroxylation is 1. The second kappa shape index (κ2) is 7.05. The molecular weight excluding hydrogens is 363 g/mol. The average molecular weight is 381 g/mol. The number of carboxylic acids is 1. The molecule has 1 aromatic carbocycles. The van der Waals surface area contributed by atoms with Crippen LogP contribution in [0.3, 0.4) is 0 Å². The zero-order valence-electron chi connectivity index (χ0n) is 14.5. The second-order valence-electron chi connectivity index (χ2n) is 6.67. The Bertz CT molecular complexity index is 876. The number of carboxylic acid groups (broad SMARTS) is 1. The number of hydrogen-bond acceptors (Lipinski definition) is 3. The van der Waals surface area contributed by atoms with Crippen LogP contribution in [0, 0.1) is 12.8 Å². The number of amides is 1. The Hall–Kier alpha value is -2.84. The highest BCUT2D eigenvalue weighted by atomic mass is 19.4. The van der Waals surface area contributed by atoms with E-state index in [9.17, 15) is 22.8 Å². The third-order valence-electron chi connectivity index (χ3n) is 4.65. The molecule has 0 aliphatic heterocycles. The molecule has 0 unspecified atom stereocenters. The summed E-state index contributed by atoms with van der Waals surface area (Å²) in [6.45, 7) is 1.74. The number of aromatic nitrogens is 2. The average Bonchev–Trinajstić information content (AvgIpc) is 3.21. The van der Waals surface area contributed by atoms with E-state index in [0.29, 0.717) is 17.5 Å². The number of hydrogen-bond donors (Lipinski definition) is 2. The summed E-state index contributed by atoms with van der Waals surface area (Å²) in [5, 5.41) is 15.3. The standard InChI is InChI=1S/C18H18F3N3O3/c1-10-3-2-4-13(7-10)24-15(18(19,20)21)14(9-22-24)16(25)23-12-6-5-11(8-12)17(26)27/h2-4,7,9,11-12H,5-6,8H2,1H3,(H,23,25)(H,26,27)/t11-,12+/m0/s1. The minimum atomic E-state index is -4.79. The fourth-order valence-corrected chi connectivity index (χ4v) is 3.34. The van der Waals surface area contributed by atoms with Crippen LogP contribution in [0.4, 0.5) is 13.2 Å². The number of rotatable bonds is 4. The number of aliphatic carboxylic acids is 1. The lowest BCUT2D eigenvalue weighted by molar-refractivity contribution is -0.143. The van der Waals surface area contributed by atoms with Gasteiger partial charge in [-0.2, -0.15) is 18.3 Å². The molecule has 1 saturated carbocycles. The molecule has 1 aromatic heterocycles. The molecule has 2 aromatic rings. The van der Waals surface area contributed by atoms with Crippen LogP contribution in [0.2, 0.25) is 0 Å². The summed E-state index contributed by atoms with van der Waals surface area (Å²) in [5.41, 5.74) is -0.776. The molecule has 2 N–H and O–H groups in total. The lowest BCUT2D eigenvalue weighted by atomic mass is 10.1. The summed E-state index contributed by atoms with van der Waals surface area (Å²) < 4.78 is 41.7. The van der Waals surface area contributed by atoms with Crippen molar-refractivity contribution in [2.75, 3.05) is 0 Å². The molecule has 3 rings (SSSR count). The van der Waals surface area contributed by atoms with Crippen molar-refractivity contribution < 1.29 is 27.9 Å². The van der Waals surface area contributed by atoms with Crippen molar-refractivity contribution >= 4 is 11.9 Å². The van der Waals surface area contributed by atoms with Gasteiger partial charge in [0, 0.05) is 6.04 Å². The van der Waals surface area contributed by atoms with Crippen molar-refractivity contribution in [2.45, 2.75) is 38.4 Å². The van der Waals surface area contributed by atoms with Gasteiger partial charge in [0.2, 0.25) is 0 Å². The van der Waals surface area contributed by atoms with Crippen LogP contribution in [-0.4, -0.2) is 32.8 Å². The predicted molar refractivity (Wildman–Crippen MR) is 89.5 cm³/mol. The first-order chi connectivity index (χ1) is 12.7. The van der Waals surface area contributed by atoms with Crippen LogP contribution < -0.4 is 5.32 Å². The van der Waals surface area contributed by atoms with E-state index in [0.717, 1.165) is 11.8 Å². The zero-order chi connectivity index (χ0) is 19.8. The maximum atomic E-state index is 13.7. The summed E-state index contributed by atoms with van der Waals surface area (Å²) in [5.74, 6) is -2.46. The Morgan fingerprint density at radius 1 is 1.30 bits per heavy atom. The van der Waals surface area contributed by atoms with E-state index in [2.05, 4.69) is 10.4 Å². The summed E-state index contributed by atoms with van der Waals surface area (Å²) >= 11 is 0. The molecule has 27 heavy (non-hydrogen) atoms. The van der Waals surface area contributed by atoms with Gasteiger partial charge in [0.1, 0.15) is 0 Å². The van der Waals surface area contributed by atoms with Crippen LogP contribution in [-0.2, 0) is 11.0 Å². The highest BCUT2D eigenvalue weighted by Crippen LogP contribution is 2.34. The van der Waals surface area contributed by atoms with Gasteiger partial charge in [-0.15, -0.1) is 0 Å². The number of carbonyl (C=O) groups excluding carboxylic acids is 1. The number of carbonyl (C=O) groups is 2. The van der Waals surface area contributed by atoms with Crippen LogP contribution in [0.5, 0.6) is 0 Å². The topological polar surface area (TPSA) is 84.2 Å². The van der Waals surface area contributed by atoms with E-state index < -0.39 is 41.3 Å². The molecule has 9 heteroatoms. The minimum absolute atomic E-state index is 0.202. The molecule has 144 valence electrons. The van der Waals surface area contributed by atoms with Gasteiger partial charge in [-0.3, -0.25) is 9.59 Å². The van der Waals surface area contributed by atoms with Crippen LogP contribution in [0.1, 0.15) is 40.9 Å². The molecule has 1 fully saturated rings. The van der Waals surface area contributed by atoms with E-state index in [1.807, 2.05) is 0 Å². The minimum Gasteiger partial charge on any atom is -0.481 e. The van der Waals surface area contributed by atoms with Gasteiger partial charge in [0.25, 0.3) is 5.91 Å². The monoisotopic (exact) mass is 381 g/mol. The van der Waals surface area contributed by atoms with Gasteiger partial charge in [-0.25, -0.2) is 4.68 Å². The molecule has 6 nitrogen and oxygen atoms in total. The largest absolute Gasteiger partial charge is 0.481 e. The van der Waals surface area contributed by atoms with Crippen molar-refractivity contribution in [3.05, 3.63) is 47.3 Å². The normalized spacial score (nSPS) is 19.9. The Morgan fingerprint density at radius 3 is 2.63 bits per heavy atom. The Balaban J connectivity index is 1.90. The first-order valence-electron chi connectivity index (χ1n) is 8.42. The van der Waals surface area contributed by atoms with Crippen molar-refractivity contribution in [3.8, 4) is 5.69 Å². The first kappa shape index (κ1) is 18.9. The molecule has 0 spiro atoms. The van der Waals surface area contributed by atoms with Gasteiger partial charge in [0.15, 0.2) is 5.69 Å². The van der Waals surface area contributed by atoms with E-state index >= 15 is 0 Å². The lowest BCUT2D eigenvalue weighted by Gasteiger charge is -2.15. The molecule has 0 saturated heterocycles. The molecule has 2 atom stereocenters. The molecule has 0 radical (unpaired) electrons. The highest BCUT2D eigenvalue weighted by Gasteiger charge is 2.41. The SMILES string of the molecule is Cc1cccc(-n2ncc(C(=O)N[C@@H]3CC[C@H](C(=O)O)C3)c2C(F)(F)F)c1. The van der Waals surface area contributed by atoms with E-state index in [1.165, 1.54) is 6.07 Å². The highest BCUT2D eigenvalue weighted by molar-refractivity contribution is 5.95. The van der Waals surface area contributed by atoms with Crippen molar-refractivity contribution in [2.24, 2.45) is 5.92 Å². The summed E-state index contributed by atoms with van der Waals surface area (Å²) in [6, 6.07) is 5.90. The van der Waals surface area contributed by atoms with Gasteiger partial charge in [-0.1, -0.05) is 12.1 Å². The predicted octanol–water partition coefficient (Wildman–Crippen LogP) is 3.18. The number of benzene rings is 1. The Kier molecular flexibility index (Phi) is 4.95. The summed E-state index contributed by atoms with van der Waals surface area (Å²) in [7, 11) is 0.